The lowest BCUT2D eigenvalue weighted by molar-refractivity contribution is 0.627. The highest BCUT2D eigenvalue weighted by atomic mass is 79.9. The Hall–Kier alpha value is -1.15. The van der Waals surface area contributed by atoms with Crippen LogP contribution in [0.15, 0.2) is 46.9 Å². The van der Waals surface area contributed by atoms with E-state index in [0.717, 1.165) is 16.5 Å². The number of hydrogen-bond donors (Lipinski definition) is 0. The first kappa shape index (κ1) is 11.3. The normalized spacial score (nSPS) is 10.4. The van der Waals surface area contributed by atoms with Crippen LogP contribution in [0.25, 0.3) is 0 Å². The third-order valence-electron chi connectivity index (χ3n) is 2.61. The Bertz CT molecular complexity index is 489. The first-order valence-corrected chi connectivity index (χ1v) is 5.94. The SMILES string of the molecule is Cc1cc(Br)ccc1Cc1ccc(F)cc1. The Kier molecular flexibility index (Phi) is 3.39. The van der Waals surface area contributed by atoms with Gasteiger partial charge in [-0.05, 0) is 54.3 Å². The van der Waals surface area contributed by atoms with E-state index in [9.17, 15) is 4.39 Å². The van der Waals surface area contributed by atoms with Gasteiger partial charge in [0.25, 0.3) is 0 Å². The molecule has 2 heteroatoms. The molecule has 16 heavy (non-hydrogen) atoms. The molecular formula is C14H12BrF. The zero-order valence-electron chi connectivity index (χ0n) is 9.00. The van der Waals surface area contributed by atoms with Gasteiger partial charge in [-0.25, -0.2) is 4.39 Å². The van der Waals surface area contributed by atoms with E-state index < -0.39 is 0 Å². The smallest absolute Gasteiger partial charge is 0.123 e. The van der Waals surface area contributed by atoms with E-state index >= 15 is 0 Å². The van der Waals surface area contributed by atoms with Crippen molar-refractivity contribution >= 4 is 15.9 Å². The predicted molar refractivity (Wildman–Crippen MR) is 68.1 cm³/mol. The van der Waals surface area contributed by atoms with Gasteiger partial charge in [-0.3, -0.25) is 0 Å². The van der Waals surface area contributed by atoms with Gasteiger partial charge >= 0.3 is 0 Å². The Morgan fingerprint density at radius 3 is 2.38 bits per heavy atom. The second-order valence-corrected chi connectivity index (χ2v) is 4.79. The lowest BCUT2D eigenvalue weighted by Gasteiger charge is -2.06. The van der Waals surface area contributed by atoms with Crippen molar-refractivity contribution in [3.63, 3.8) is 0 Å². The van der Waals surface area contributed by atoms with E-state index in [-0.39, 0.29) is 5.82 Å². The Morgan fingerprint density at radius 2 is 1.75 bits per heavy atom. The maximum atomic E-state index is 12.8. The summed E-state index contributed by atoms with van der Waals surface area (Å²) in [6.45, 7) is 2.09. The van der Waals surface area contributed by atoms with Crippen molar-refractivity contribution in [1.29, 1.82) is 0 Å². The minimum absolute atomic E-state index is 0.184. The molecule has 0 unspecified atom stereocenters. The molecule has 0 aliphatic rings. The summed E-state index contributed by atoms with van der Waals surface area (Å²) in [7, 11) is 0. The monoisotopic (exact) mass is 278 g/mol. The summed E-state index contributed by atoms with van der Waals surface area (Å²) in [4.78, 5) is 0. The molecule has 2 aromatic rings. The van der Waals surface area contributed by atoms with Crippen molar-refractivity contribution in [2.24, 2.45) is 0 Å². The predicted octanol–water partition coefficient (Wildman–Crippen LogP) is 4.49. The minimum atomic E-state index is -0.184. The number of halogens is 2. The molecule has 0 aromatic heterocycles. The molecule has 0 amide bonds. The van der Waals surface area contributed by atoms with Crippen LogP contribution < -0.4 is 0 Å². The molecule has 0 saturated heterocycles. The quantitative estimate of drug-likeness (QED) is 0.760. The number of benzene rings is 2. The van der Waals surface area contributed by atoms with Crippen molar-refractivity contribution in [2.75, 3.05) is 0 Å². The van der Waals surface area contributed by atoms with Crippen LogP contribution in [0.2, 0.25) is 0 Å². The van der Waals surface area contributed by atoms with Gasteiger partial charge in [0.05, 0.1) is 0 Å². The van der Waals surface area contributed by atoms with Crippen molar-refractivity contribution in [3.8, 4) is 0 Å². The maximum Gasteiger partial charge on any atom is 0.123 e. The molecule has 2 rings (SSSR count). The van der Waals surface area contributed by atoms with Gasteiger partial charge in [-0.1, -0.05) is 34.1 Å². The standard InChI is InChI=1S/C14H12BrF/c1-10-8-13(15)5-4-12(10)9-11-2-6-14(16)7-3-11/h2-8H,9H2,1H3. The summed E-state index contributed by atoms with van der Waals surface area (Å²) in [5.74, 6) is -0.184. The molecule has 0 aliphatic heterocycles. The van der Waals surface area contributed by atoms with Crippen LogP contribution in [0.4, 0.5) is 4.39 Å². The van der Waals surface area contributed by atoms with E-state index in [0.29, 0.717) is 0 Å². The first-order chi connectivity index (χ1) is 7.65. The fraction of sp³-hybridized carbons (Fsp3) is 0.143. The summed E-state index contributed by atoms with van der Waals surface area (Å²) in [5, 5.41) is 0. The maximum absolute atomic E-state index is 12.8. The second-order valence-electron chi connectivity index (χ2n) is 3.87. The lowest BCUT2D eigenvalue weighted by atomic mass is 10.0. The molecular weight excluding hydrogens is 267 g/mol. The van der Waals surface area contributed by atoms with Gasteiger partial charge < -0.3 is 0 Å². The van der Waals surface area contributed by atoms with E-state index in [1.54, 1.807) is 0 Å². The van der Waals surface area contributed by atoms with Gasteiger partial charge in [0, 0.05) is 4.47 Å². The number of aryl methyl sites for hydroxylation is 1. The van der Waals surface area contributed by atoms with Crippen LogP contribution in [0.3, 0.4) is 0 Å². The van der Waals surface area contributed by atoms with Gasteiger partial charge in [0.1, 0.15) is 5.82 Å². The minimum Gasteiger partial charge on any atom is -0.207 e. The highest BCUT2D eigenvalue weighted by Crippen LogP contribution is 2.18. The highest BCUT2D eigenvalue weighted by molar-refractivity contribution is 9.10. The molecule has 0 radical (unpaired) electrons. The van der Waals surface area contributed by atoms with Crippen LogP contribution >= 0.6 is 15.9 Å². The molecule has 0 nitrogen and oxygen atoms in total. The number of hydrogen-bond acceptors (Lipinski definition) is 0. The zero-order chi connectivity index (χ0) is 11.5. The molecule has 0 heterocycles. The number of rotatable bonds is 2. The highest BCUT2D eigenvalue weighted by Gasteiger charge is 2.01. The van der Waals surface area contributed by atoms with Crippen LogP contribution in [-0.4, -0.2) is 0 Å². The van der Waals surface area contributed by atoms with Crippen LogP contribution in [0.1, 0.15) is 16.7 Å². The van der Waals surface area contributed by atoms with Crippen LogP contribution in [0, 0.1) is 12.7 Å². The summed E-state index contributed by atoms with van der Waals surface area (Å²) in [6, 6.07) is 12.9. The van der Waals surface area contributed by atoms with E-state index in [4.69, 9.17) is 0 Å². The Labute approximate surface area is 103 Å². The average molecular weight is 279 g/mol. The molecule has 0 spiro atoms. The van der Waals surface area contributed by atoms with Crippen molar-refractivity contribution in [2.45, 2.75) is 13.3 Å². The van der Waals surface area contributed by atoms with Crippen LogP contribution in [0.5, 0.6) is 0 Å². The fourth-order valence-corrected chi connectivity index (χ4v) is 2.16. The molecule has 2 aromatic carbocycles. The second kappa shape index (κ2) is 4.79. The van der Waals surface area contributed by atoms with Crippen molar-refractivity contribution in [3.05, 3.63) is 69.4 Å². The molecule has 82 valence electrons. The third-order valence-corrected chi connectivity index (χ3v) is 3.11. The molecule has 0 bridgehead atoms. The molecule has 0 aliphatic carbocycles. The van der Waals surface area contributed by atoms with Crippen LogP contribution in [-0.2, 0) is 6.42 Å². The summed E-state index contributed by atoms with van der Waals surface area (Å²) < 4.78 is 13.8. The molecule has 0 saturated carbocycles. The van der Waals surface area contributed by atoms with Gasteiger partial charge in [0.2, 0.25) is 0 Å². The topological polar surface area (TPSA) is 0 Å². The van der Waals surface area contributed by atoms with Gasteiger partial charge in [0.15, 0.2) is 0 Å². The molecule has 0 N–H and O–H groups in total. The zero-order valence-corrected chi connectivity index (χ0v) is 10.6. The summed E-state index contributed by atoms with van der Waals surface area (Å²) >= 11 is 3.44. The largest absolute Gasteiger partial charge is 0.207 e. The lowest BCUT2D eigenvalue weighted by Crippen LogP contribution is -1.91. The summed E-state index contributed by atoms with van der Waals surface area (Å²) in [6.07, 6.45) is 0.847. The third kappa shape index (κ3) is 2.70. The van der Waals surface area contributed by atoms with E-state index in [1.165, 1.54) is 23.3 Å². The molecule has 0 atom stereocenters. The average Bonchev–Trinajstić information content (AvgIpc) is 2.25. The van der Waals surface area contributed by atoms with Crippen molar-refractivity contribution in [1.82, 2.24) is 0 Å². The van der Waals surface area contributed by atoms with Gasteiger partial charge in [-0.2, -0.15) is 0 Å². The van der Waals surface area contributed by atoms with E-state index in [1.807, 2.05) is 18.2 Å². The van der Waals surface area contributed by atoms with Crippen molar-refractivity contribution < 1.29 is 4.39 Å². The molecule has 0 fully saturated rings. The fourth-order valence-electron chi connectivity index (χ4n) is 1.68. The van der Waals surface area contributed by atoms with Gasteiger partial charge in [-0.15, -0.1) is 0 Å². The Morgan fingerprint density at radius 1 is 1.06 bits per heavy atom. The first-order valence-electron chi connectivity index (χ1n) is 5.14. The summed E-state index contributed by atoms with van der Waals surface area (Å²) in [5.41, 5.74) is 3.65. The Balaban J connectivity index is 2.23. The van der Waals surface area contributed by atoms with E-state index in [2.05, 4.69) is 35.0 Å².